The van der Waals surface area contributed by atoms with Crippen LogP contribution in [0.2, 0.25) is 0 Å². The fourth-order valence-electron chi connectivity index (χ4n) is 4.06. The van der Waals surface area contributed by atoms with E-state index in [0.717, 1.165) is 69.2 Å². The normalized spacial score (nSPS) is 21.0. The monoisotopic (exact) mass is 368 g/mol. The summed E-state index contributed by atoms with van der Waals surface area (Å²) in [6.07, 6.45) is 5.48. The zero-order valence-electron chi connectivity index (χ0n) is 15.7. The van der Waals surface area contributed by atoms with Gasteiger partial charge in [0.15, 0.2) is 0 Å². The Morgan fingerprint density at radius 3 is 2.37 bits per heavy atom. The molecule has 0 aliphatic carbocycles. The molecule has 0 radical (unpaired) electrons. The third-order valence-electron chi connectivity index (χ3n) is 5.72. The van der Waals surface area contributed by atoms with Gasteiger partial charge in [-0.25, -0.2) is 4.98 Å². The second-order valence-electron chi connectivity index (χ2n) is 7.71. The standard InChI is InChI=1S/C21H28N4O2/c26-15-17-3-1-16(2-4-17)13-18-6-10-25(14-18)21-22-9-5-20(23-21)24-11-7-19(27)8-12-24/h1-5,9,18-19,26-27H,6-8,10-15H2. The number of piperidine rings is 1. The van der Waals surface area contributed by atoms with Crippen molar-refractivity contribution in [1.29, 1.82) is 0 Å². The van der Waals surface area contributed by atoms with Gasteiger partial charge in [-0.1, -0.05) is 24.3 Å². The van der Waals surface area contributed by atoms with Gasteiger partial charge in [-0.3, -0.25) is 0 Å². The van der Waals surface area contributed by atoms with Crippen molar-refractivity contribution >= 4 is 11.8 Å². The number of aliphatic hydroxyl groups excluding tert-OH is 2. The molecule has 1 aromatic carbocycles. The number of hydrogen-bond donors (Lipinski definition) is 2. The van der Waals surface area contributed by atoms with Crippen molar-refractivity contribution in [3.05, 3.63) is 47.7 Å². The molecule has 0 saturated carbocycles. The van der Waals surface area contributed by atoms with Gasteiger partial charge in [0.1, 0.15) is 5.82 Å². The van der Waals surface area contributed by atoms with Crippen LogP contribution in [0.25, 0.3) is 0 Å². The third kappa shape index (κ3) is 4.39. The Morgan fingerprint density at radius 1 is 0.926 bits per heavy atom. The Bertz CT molecular complexity index is 744. The van der Waals surface area contributed by atoms with E-state index in [1.807, 2.05) is 24.4 Å². The molecular weight excluding hydrogens is 340 g/mol. The van der Waals surface area contributed by atoms with E-state index in [1.165, 1.54) is 5.56 Å². The van der Waals surface area contributed by atoms with Crippen LogP contribution in [0.5, 0.6) is 0 Å². The number of hydrogen-bond acceptors (Lipinski definition) is 6. The van der Waals surface area contributed by atoms with Crippen LogP contribution in [0, 0.1) is 5.92 Å². The van der Waals surface area contributed by atoms with Crippen molar-refractivity contribution in [3.8, 4) is 0 Å². The molecule has 6 heteroatoms. The molecule has 2 saturated heterocycles. The van der Waals surface area contributed by atoms with Crippen molar-refractivity contribution in [2.45, 2.75) is 38.4 Å². The fraction of sp³-hybridized carbons (Fsp3) is 0.524. The summed E-state index contributed by atoms with van der Waals surface area (Å²) in [5.41, 5.74) is 2.28. The molecule has 2 aliphatic heterocycles. The first-order valence-corrected chi connectivity index (χ1v) is 9.91. The van der Waals surface area contributed by atoms with E-state index >= 15 is 0 Å². The van der Waals surface area contributed by atoms with E-state index in [2.05, 4.69) is 26.9 Å². The minimum Gasteiger partial charge on any atom is -0.393 e. The average molecular weight is 368 g/mol. The molecular formula is C21H28N4O2. The third-order valence-corrected chi connectivity index (χ3v) is 5.72. The number of benzene rings is 1. The number of nitrogens with zero attached hydrogens (tertiary/aromatic N) is 4. The minimum absolute atomic E-state index is 0.0984. The molecule has 2 aliphatic rings. The van der Waals surface area contributed by atoms with Gasteiger partial charge >= 0.3 is 0 Å². The molecule has 1 unspecified atom stereocenters. The first-order chi connectivity index (χ1) is 13.2. The number of aliphatic hydroxyl groups is 2. The van der Waals surface area contributed by atoms with Crippen molar-refractivity contribution in [3.63, 3.8) is 0 Å². The lowest BCUT2D eigenvalue weighted by Gasteiger charge is -2.31. The number of rotatable bonds is 5. The highest BCUT2D eigenvalue weighted by molar-refractivity contribution is 5.44. The van der Waals surface area contributed by atoms with Gasteiger partial charge in [0.2, 0.25) is 5.95 Å². The van der Waals surface area contributed by atoms with Crippen LogP contribution >= 0.6 is 0 Å². The van der Waals surface area contributed by atoms with Gasteiger partial charge in [-0.2, -0.15) is 4.98 Å². The Balaban J connectivity index is 1.37. The fourth-order valence-corrected chi connectivity index (χ4v) is 4.06. The van der Waals surface area contributed by atoms with E-state index in [1.54, 1.807) is 0 Å². The highest BCUT2D eigenvalue weighted by atomic mass is 16.3. The van der Waals surface area contributed by atoms with E-state index in [4.69, 9.17) is 10.1 Å². The molecule has 1 aromatic heterocycles. The molecule has 4 rings (SSSR count). The van der Waals surface area contributed by atoms with E-state index in [-0.39, 0.29) is 12.7 Å². The van der Waals surface area contributed by atoms with Crippen molar-refractivity contribution in [1.82, 2.24) is 9.97 Å². The molecule has 2 N–H and O–H groups in total. The highest BCUT2D eigenvalue weighted by Gasteiger charge is 2.25. The molecule has 27 heavy (non-hydrogen) atoms. The summed E-state index contributed by atoms with van der Waals surface area (Å²) in [6, 6.07) is 10.2. The molecule has 0 bridgehead atoms. The maximum atomic E-state index is 9.70. The van der Waals surface area contributed by atoms with Crippen LogP contribution in [0.1, 0.15) is 30.4 Å². The Hall–Kier alpha value is -2.18. The summed E-state index contributed by atoms with van der Waals surface area (Å²) in [5.74, 6) is 2.38. The summed E-state index contributed by atoms with van der Waals surface area (Å²) in [6.45, 7) is 3.76. The summed E-state index contributed by atoms with van der Waals surface area (Å²) in [7, 11) is 0. The van der Waals surface area contributed by atoms with Crippen LogP contribution in [0.3, 0.4) is 0 Å². The van der Waals surface area contributed by atoms with Gasteiger partial charge in [0.05, 0.1) is 12.7 Å². The Kier molecular flexibility index (Phi) is 5.55. The van der Waals surface area contributed by atoms with E-state index in [9.17, 15) is 5.11 Å². The lowest BCUT2D eigenvalue weighted by Crippen LogP contribution is -2.36. The smallest absolute Gasteiger partial charge is 0.227 e. The van der Waals surface area contributed by atoms with Crippen molar-refractivity contribution < 1.29 is 10.2 Å². The van der Waals surface area contributed by atoms with Crippen LogP contribution in [-0.4, -0.2) is 52.5 Å². The predicted molar refractivity (Wildman–Crippen MR) is 106 cm³/mol. The molecule has 2 fully saturated rings. The zero-order valence-corrected chi connectivity index (χ0v) is 15.7. The van der Waals surface area contributed by atoms with Crippen molar-refractivity contribution in [2.75, 3.05) is 36.0 Å². The largest absolute Gasteiger partial charge is 0.393 e. The summed E-state index contributed by atoms with van der Waals surface area (Å²) >= 11 is 0. The lowest BCUT2D eigenvalue weighted by atomic mass is 9.98. The van der Waals surface area contributed by atoms with Gasteiger partial charge in [0.25, 0.3) is 0 Å². The molecule has 144 valence electrons. The summed E-state index contributed by atoms with van der Waals surface area (Å²) < 4.78 is 0. The first kappa shape index (κ1) is 18.2. The highest BCUT2D eigenvalue weighted by Crippen LogP contribution is 2.26. The topological polar surface area (TPSA) is 72.7 Å². The molecule has 0 spiro atoms. The molecule has 0 amide bonds. The molecule has 2 aromatic rings. The summed E-state index contributed by atoms with van der Waals surface area (Å²) in [4.78, 5) is 13.8. The Morgan fingerprint density at radius 2 is 1.63 bits per heavy atom. The lowest BCUT2D eigenvalue weighted by molar-refractivity contribution is 0.145. The van der Waals surface area contributed by atoms with Crippen LogP contribution < -0.4 is 9.80 Å². The maximum absolute atomic E-state index is 9.70. The van der Waals surface area contributed by atoms with Crippen molar-refractivity contribution in [2.24, 2.45) is 5.92 Å². The average Bonchev–Trinajstić information content (AvgIpc) is 3.18. The van der Waals surface area contributed by atoms with E-state index in [0.29, 0.717) is 5.92 Å². The second kappa shape index (κ2) is 8.23. The predicted octanol–water partition coefficient (Wildman–Crippen LogP) is 2.00. The van der Waals surface area contributed by atoms with Crippen LogP contribution in [0.4, 0.5) is 11.8 Å². The van der Waals surface area contributed by atoms with Gasteiger partial charge in [-0.15, -0.1) is 0 Å². The van der Waals surface area contributed by atoms with Gasteiger partial charge in [0, 0.05) is 32.4 Å². The minimum atomic E-state index is -0.173. The SMILES string of the molecule is OCc1ccc(CC2CCN(c3nccc(N4CCC(O)CC4)n3)C2)cc1. The Labute approximate surface area is 160 Å². The van der Waals surface area contributed by atoms with Crippen LogP contribution in [0.15, 0.2) is 36.5 Å². The van der Waals surface area contributed by atoms with E-state index < -0.39 is 0 Å². The number of aromatic nitrogens is 2. The molecule has 6 nitrogen and oxygen atoms in total. The van der Waals surface area contributed by atoms with Crippen LogP contribution in [-0.2, 0) is 13.0 Å². The molecule has 3 heterocycles. The van der Waals surface area contributed by atoms with Gasteiger partial charge < -0.3 is 20.0 Å². The summed E-state index contributed by atoms with van der Waals surface area (Å²) in [5, 5.41) is 18.9. The first-order valence-electron chi connectivity index (χ1n) is 9.91. The maximum Gasteiger partial charge on any atom is 0.227 e. The quantitative estimate of drug-likeness (QED) is 0.841. The zero-order chi connectivity index (χ0) is 18.6. The number of anilines is 2. The molecule has 1 atom stereocenters. The second-order valence-corrected chi connectivity index (χ2v) is 7.71. The van der Waals surface area contributed by atoms with Gasteiger partial charge in [-0.05, 0) is 48.8 Å².